The van der Waals surface area contributed by atoms with Crippen molar-refractivity contribution in [1.82, 2.24) is 10.2 Å². The first-order chi connectivity index (χ1) is 12.2. The monoisotopic (exact) mass is 472 g/mol. The van der Waals surface area contributed by atoms with Gasteiger partial charge in [-0.1, -0.05) is 38.3 Å². The number of likely N-dealkylation sites (tertiary alicyclic amines) is 1. The normalized spacial score (nSPS) is 14.7. The first kappa shape index (κ1) is 22.7. The van der Waals surface area contributed by atoms with Gasteiger partial charge in [-0.05, 0) is 43.4 Å². The zero-order valence-electron chi connectivity index (χ0n) is 15.9. The minimum Gasteiger partial charge on any atom is -0.370 e. The summed E-state index contributed by atoms with van der Waals surface area (Å²) in [5, 5.41) is 3.15. The molecular weight excluding hydrogens is 439 g/mol. The van der Waals surface area contributed by atoms with Crippen LogP contribution in [-0.2, 0) is 6.54 Å². The molecule has 1 saturated heterocycles. The van der Waals surface area contributed by atoms with Gasteiger partial charge in [-0.2, -0.15) is 0 Å². The van der Waals surface area contributed by atoms with Crippen LogP contribution in [0, 0.1) is 0 Å². The Morgan fingerprint density at radius 3 is 2.46 bits per heavy atom. The molecule has 2 rings (SSSR count). The molecule has 5 nitrogen and oxygen atoms in total. The maximum atomic E-state index is 12.4. The molecule has 0 spiro atoms. The number of nitrogens with zero attached hydrogens (tertiary/aromatic N) is 2. The molecule has 1 aliphatic rings. The minimum absolute atomic E-state index is 0. The van der Waals surface area contributed by atoms with Crippen molar-refractivity contribution in [2.24, 2.45) is 10.7 Å². The molecule has 1 aliphatic heterocycles. The number of benzene rings is 1. The fourth-order valence-corrected chi connectivity index (χ4v) is 3.03. The van der Waals surface area contributed by atoms with Crippen LogP contribution in [-0.4, -0.2) is 36.4 Å². The van der Waals surface area contributed by atoms with Crippen LogP contribution in [0.25, 0.3) is 0 Å². The molecule has 1 amide bonds. The summed E-state index contributed by atoms with van der Waals surface area (Å²) in [4.78, 5) is 18.8. The molecule has 0 aliphatic carbocycles. The number of piperidine rings is 1. The minimum atomic E-state index is 0. The third-order valence-corrected chi connectivity index (χ3v) is 4.61. The van der Waals surface area contributed by atoms with Gasteiger partial charge in [0.25, 0.3) is 5.91 Å². The molecule has 0 atom stereocenters. The number of carbonyl (C=O) groups is 1. The van der Waals surface area contributed by atoms with Crippen LogP contribution in [0.3, 0.4) is 0 Å². The van der Waals surface area contributed by atoms with Crippen LogP contribution in [0.2, 0.25) is 0 Å². The van der Waals surface area contributed by atoms with Crippen molar-refractivity contribution in [3.63, 3.8) is 0 Å². The molecule has 6 heteroatoms. The standard InChI is InChI=1S/C20H32N4O.HI/c1-2-3-4-6-13-22-20(21)23-16-17-9-11-18(12-10-17)19(25)24-14-7-5-8-15-24;/h9-12H,2-8,13-16H2,1H3,(H3,21,22,23);1H. The number of rotatable bonds is 8. The lowest BCUT2D eigenvalue weighted by Gasteiger charge is -2.26. The lowest BCUT2D eigenvalue weighted by molar-refractivity contribution is 0.0724. The van der Waals surface area contributed by atoms with Crippen molar-refractivity contribution < 1.29 is 4.79 Å². The summed E-state index contributed by atoms with van der Waals surface area (Å²) in [7, 11) is 0. The van der Waals surface area contributed by atoms with Crippen molar-refractivity contribution in [3.8, 4) is 0 Å². The first-order valence-electron chi connectivity index (χ1n) is 9.62. The Bertz CT molecular complexity index is 553. The number of carbonyl (C=O) groups excluding carboxylic acids is 1. The van der Waals surface area contributed by atoms with E-state index in [1.54, 1.807) is 0 Å². The molecule has 146 valence electrons. The van der Waals surface area contributed by atoms with E-state index in [4.69, 9.17) is 5.73 Å². The maximum absolute atomic E-state index is 12.4. The van der Waals surface area contributed by atoms with Gasteiger partial charge in [0, 0.05) is 25.2 Å². The van der Waals surface area contributed by atoms with E-state index in [-0.39, 0.29) is 29.9 Å². The topological polar surface area (TPSA) is 70.7 Å². The van der Waals surface area contributed by atoms with Gasteiger partial charge in [0.15, 0.2) is 5.96 Å². The molecule has 26 heavy (non-hydrogen) atoms. The van der Waals surface area contributed by atoms with Gasteiger partial charge in [-0.15, -0.1) is 24.0 Å². The highest BCUT2D eigenvalue weighted by atomic mass is 127. The van der Waals surface area contributed by atoms with E-state index in [2.05, 4.69) is 17.2 Å². The average molecular weight is 472 g/mol. The summed E-state index contributed by atoms with van der Waals surface area (Å²) < 4.78 is 0. The van der Waals surface area contributed by atoms with Crippen molar-refractivity contribution >= 4 is 35.8 Å². The molecule has 0 saturated carbocycles. The Hall–Kier alpha value is -1.31. The highest BCUT2D eigenvalue weighted by Gasteiger charge is 2.17. The lowest BCUT2D eigenvalue weighted by Crippen LogP contribution is -2.35. The van der Waals surface area contributed by atoms with Crippen molar-refractivity contribution in [3.05, 3.63) is 35.4 Å². The predicted octanol–water partition coefficient (Wildman–Crippen LogP) is 3.92. The van der Waals surface area contributed by atoms with Crippen LogP contribution in [0.1, 0.15) is 67.8 Å². The van der Waals surface area contributed by atoms with Gasteiger partial charge < -0.3 is 16.0 Å². The first-order valence-corrected chi connectivity index (χ1v) is 9.62. The number of unbranched alkanes of at least 4 members (excludes halogenated alkanes) is 3. The van der Waals surface area contributed by atoms with E-state index in [0.29, 0.717) is 12.5 Å². The molecule has 1 fully saturated rings. The van der Waals surface area contributed by atoms with E-state index in [1.165, 1.54) is 25.7 Å². The quantitative estimate of drug-likeness (QED) is 0.261. The van der Waals surface area contributed by atoms with E-state index in [9.17, 15) is 4.79 Å². The smallest absolute Gasteiger partial charge is 0.253 e. The maximum Gasteiger partial charge on any atom is 0.253 e. The summed E-state index contributed by atoms with van der Waals surface area (Å²) >= 11 is 0. The van der Waals surface area contributed by atoms with Crippen LogP contribution < -0.4 is 11.1 Å². The number of nitrogens with two attached hydrogens (primary N) is 1. The van der Waals surface area contributed by atoms with Crippen molar-refractivity contribution in [2.75, 3.05) is 19.6 Å². The Morgan fingerprint density at radius 1 is 1.12 bits per heavy atom. The Labute approximate surface area is 174 Å². The summed E-state index contributed by atoms with van der Waals surface area (Å²) in [6, 6.07) is 7.73. The van der Waals surface area contributed by atoms with Gasteiger partial charge >= 0.3 is 0 Å². The molecular formula is C20H33IN4O. The van der Waals surface area contributed by atoms with Gasteiger partial charge in [0.1, 0.15) is 0 Å². The van der Waals surface area contributed by atoms with E-state index in [1.807, 2.05) is 29.2 Å². The second-order valence-electron chi connectivity index (χ2n) is 6.74. The molecule has 0 bridgehead atoms. The third kappa shape index (κ3) is 7.93. The molecule has 0 aromatic heterocycles. The predicted molar refractivity (Wildman–Crippen MR) is 119 cm³/mol. The highest BCUT2D eigenvalue weighted by Crippen LogP contribution is 2.14. The Kier molecular flexibility index (Phi) is 11.3. The fourth-order valence-electron chi connectivity index (χ4n) is 3.03. The third-order valence-electron chi connectivity index (χ3n) is 4.61. The molecule has 1 heterocycles. The molecule has 1 aromatic carbocycles. The zero-order chi connectivity index (χ0) is 17.9. The number of guanidine groups is 1. The number of aliphatic imine (C=N–C) groups is 1. The second kappa shape index (κ2) is 12.9. The van der Waals surface area contributed by atoms with Gasteiger partial charge in [-0.25, -0.2) is 4.99 Å². The van der Waals surface area contributed by atoms with Crippen LogP contribution >= 0.6 is 24.0 Å². The summed E-state index contributed by atoms with van der Waals surface area (Å²) in [6.45, 7) is 5.37. The highest BCUT2D eigenvalue weighted by molar-refractivity contribution is 14.0. The summed E-state index contributed by atoms with van der Waals surface area (Å²) in [6.07, 6.45) is 8.31. The second-order valence-corrected chi connectivity index (χ2v) is 6.74. The van der Waals surface area contributed by atoms with Gasteiger partial charge in [0.05, 0.1) is 6.54 Å². The average Bonchev–Trinajstić information content (AvgIpc) is 2.67. The number of nitrogens with one attached hydrogen (secondary N) is 1. The SMILES string of the molecule is CCCCCCNC(N)=NCc1ccc(C(=O)N2CCCCC2)cc1.I. The van der Waals surface area contributed by atoms with Crippen molar-refractivity contribution in [1.29, 1.82) is 0 Å². The number of amides is 1. The molecule has 3 N–H and O–H groups in total. The van der Waals surface area contributed by atoms with E-state index >= 15 is 0 Å². The Balaban J connectivity index is 0.00000338. The van der Waals surface area contributed by atoms with Gasteiger partial charge in [-0.3, -0.25) is 4.79 Å². The lowest BCUT2D eigenvalue weighted by atomic mass is 10.1. The van der Waals surface area contributed by atoms with Crippen LogP contribution in [0.4, 0.5) is 0 Å². The molecule has 0 radical (unpaired) electrons. The summed E-state index contributed by atoms with van der Waals surface area (Å²) in [5.41, 5.74) is 7.71. The van der Waals surface area contributed by atoms with Crippen molar-refractivity contribution in [2.45, 2.75) is 58.4 Å². The zero-order valence-corrected chi connectivity index (χ0v) is 18.2. The number of halogens is 1. The largest absolute Gasteiger partial charge is 0.370 e. The molecule has 1 aromatic rings. The van der Waals surface area contributed by atoms with Crippen LogP contribution in [0.15, 0.2) is 29.3 Å². The fraction of sp³-hybridized carbons (Fsp3) is 0.600. The van der Waals surface area contributed by atoms with E-state index < -0.39 is 0 Å². The van der Waals surface area contributed by atoms with Gasteiger partial charge in [0.2, 0.25) is 0 Å². The Morgan fingerprint density at radius 2 is 1.81 bits per heavy atom. The number of hydrogen-bond donors (Lipinski definition) is 2. The van der Waals surface area contributed by atoms with Crippen LogP contribution in [0.5, 0.6) is 0 Å². The molecule has 0 unspecified atom stereocenters. The summed E-state index contributed by atoms with van der Waals surface area (Å²) in [5.74, 6) is 0.632. The van der Waals surface area contributed by atoms with E-state index in [0.717, 1.165) is 50.0 Å². The number of hydrogen-bond acceptors (Lipinski definition) is 2.